The number of amides is 1. The van der Waals surface area contributed by atoms with Gasteiger partial charge in [0.2, 0.25) is 0 Å². The van der Waals surface area contributed by atoms with Crippen molar-refractivity contribution < 1.29 is 4.79 Å². The molecule has 0 aliphatic carbocycles. The van der Waals surface area contributed by atoms with E-state index in [1.807, 2.05) is 36.7 Å². The Balaban J connectivity index is 1.80. The summed E-state index contributed by atoms with van der Waals surface area (Å²) in [5.74, 6) is -0.501. The molecule has 30 heavy (non-hydrogen) atoms. The zero-order valence-corrected chi connectivity index (χ0v) is 17.5. The van der Waals surface area contributed by atoms with E-state index in [0.717, 1.165) is 36.2 Å². The third kappa shape index (κ3) is 3.96. The first-order valence-corrected chi connectivity index (χ1v) is 10.4. The van der Waals surface area contributed by atoms with Crippen LogP contribution in [0.1, 0.15) is 69.9 Å². The minimum absolute atomic E-state index is 0.132. The SMILES string of the molecule is Cc1cccnc1[C@H]1CCC[C@@H](c2ncccc2C)N1Cc1cccnc1C(N)=O. The van der Waals surface area contributed by atoms with Crippen molar-refractivity contribution in [1.29, 1.82) is 0 Å². The van der Waals surface area contributed by atoms with Crippen LogP contribution in [0.3, 0.4) is 0 Å². The number of nitrogens with zero attached hydrogens (tertiary/aromatic N) is 4. The number of aromatic nitrogens is 3. The fraction of sp³-hybridized carbons (Fsp3) is 0.333. The van der Waals surface area contributed by atoms with Crippen molar-refractivity contribution in [3.05, 3.63) is 88.8 Å². The molecule has 2 atom stereocenters. The van der Waals surface area contributed by atoms with Crippen LogP contribution in [0.4, 0.5) is 0 Å². The highest BCUT2D eigenvalue weighted by Crippen LogP contribution is 2.43. The van der Waals surface area contributed by atoms with Crippen LogP contribution in [0.2, 0.25) is 0 Å². The lowest BCUT2D eigenvalue weighted by molar-refractivity contribution is 0.0671. The average Bonchev–Trinajstić information content (AvgIpc) is 2.75. The van der Waals surface area contributed by atoms with Crippen molar-refractivity contribution in [2.24, 2.45) is 5.73 Å². The lowest BCUT2D eigenvalue weighted by atomic mass is 9.88. The van der Waals surface area contributed by atoms with E-state index < -0.39 is 5.91 Å². The van der Waals surface area contributed by atoms with Gasteiger partial charge in [-0.15, -0.1) is 0 Å². The van der Waals surface area contributed by atoms with Gasteiger partial charge in [0.25, 0.3) is 5.91 Å². The van der Waals surface area contributed by atoms with Crippen molar-refractivity contribution in [3.8, 4) is 0 Å². The molecule has 0 radical (unpaired) electrons. The highest BCUT2D eigenvalue weighted by Gasteiger charge is 2.35. The predicted molar refractivity (Wildman–Crippen MR) is 116 cm³/mol. The molecule has 1 fully saturated rings. The number of hydrogen-bond donors (Lipinski definition) is 1. The molecule has 6 nitrogen and oxygen atoms in total. The third-order valence-corrected chi connectivity index (χ3v) is 5.96. The summed E-state index contributed by atoms with van der Waals surface area (Å²) in [6.45, 7) is 4.78. The van der Waals surface area contributed by atoms with Gasteiger partial charge in [0.15, 0.2) is 0 Å². The standard InChI is InChI=1S/C24H27N5O/c1-16-7-4-12-26-21(16)19-10-3-11-20(22-17(2)8-5-13-27-22)29(19)15-18-9-6-14-28-23(18)24(25)30/h4-9,12-14,19-20H,3,10-11,15H2,1-2H3,(H2,25,30)/t19-,20+. The Hall–Kier alpha value is -3.12. The molecule has 0 aromatic carbocycles. The molecular weight excluding hydrogens is 374 g/mol. The normalized spacial score (nSPS) is 19.5. The molecule has 3 aromatic heterocycles. The summed E-state index contributed by atoms with van der Waals surface area (Å²) in [6.07, 6.45) is 8.43. The van der Waals surface area contributed by atoms with Crippen molar-refractivity contribution in [3.63, 3.8) is 0 Å². The van der Waals surface area contributed by atoms with Crippen LogP contribution in [-0.4, -0.2) is 25.8 Å². The Labute approximate surface area is 177 Å². The van der Waals surface area contributed by atoms with E-state index in [1.54, 1.807) is 6.20 Å². The van der Waals surface area contributed by atoms with Crippen LogP contribution in [0.25, 0.3) is 0 Å². The maximum atomic E-state index is 12.0. The van der Waals surface area contributed by atoms with Crippen LogP contribution in [0.15, 0.2) is 55.0 Å². The first-order valence-electron chi connectivity index (χ1n) is 10.4. The second-order valence-electron chi connectivity index (χ2n) is 7.92. The average molecular weight is 402 g/mol. The predicted octanol–water partition coefficient (Wildman–Crippen LogP) is 4.06. The maximum Gasteiger partial charge on any atom is 0.267 e. The molecule has 1 aliphatic rings. The van der Waals surface area contributed by atoms with Crippen molar-refractivity contribution in [2.45, 2.75) is 51.7 Å². The Kier molecular flexibility index (Phi) is 5.86. The number of pyridine rings is 3. The summed E-state index contributed by atoms with van der Waals surface area (Å²) in [5, 5.41) is 0. The molecule has 0 unspecified atom stereocenters. The molecule has 4 heterocycles. The molecule has 4 rings (SSSR count). The molecule has 3 aromatic rings. The van der Waals surface area contributed by atoms with E-state index in [-0.39, 0.29) is 12.1 Å². The lowest BCUT2D eigenvalue weighted by Crippen LogP contribution is -2.38. The fourth-order valence-corrected chi connectivity index (χ4v) is 4.54. The van der Waals surface area contributed by atoms with Gasteiger partial charge in [0.1, 0.15) is 5.69 Å². The summed E-state index contributed by atoms with van der Waals surface area (Å²) in [4.78, 5) is 28.1. The summed E-state index contributed by atoms with van der Waals surface area (Å²) in [5.41, 5.74) is 11.3. The summed E-state index contributed by atoms with van der Waals surface area (Å²) in [6, 6.07) is 12.2. The second kappa shape index (κ2) is 8.71. The van der Waals surface area contributed by atoms with E-state index in [2.05, 4.69) is 35.9 Å². The summed E-state index contributed by atoms with van der Waals surface area (Å²) >= 11 is 0. The van der Waals surface area contributed by atoms with Crippen molar-refractivity contribution in [1.82, 2.24) is 19.9 Å². The van der Waals surface area contributed by atoms with Crippen molar-refractivity contribution >= 4 is 5.91 Å². The van der Waals surface area contributed by atoms with Crippen LogP contribution < -0.4 is 5.73 Å². The lowest BCUT2D eigenvalue weighted by Gasteiger charge is -2.42. The third-order valence-electron chi connectivity index (χ3n) is 5.96. The van der Waals surface area contributed by atoms with Crippen LogP contribution in [0.5, 0.6) is 0 Å². The first kappa shape index (κ1) is 20.2. The van der Waals surface area contributed by atoms with E-state index in [9.17, 15) is 4.79 Å². The molecule has 1 amide bonds. The van der Waals surface area contributed by atoms with Crippen LogP contribution in [-0.2, 0) is 6.54 Å². The van der Waals surface area contributed by atoms with Gasteiger partial charge >= 0.3 is 0 Å². The Bertz CT molecular complexity index is 998. The van der Waals surface area contributed by atoms with E-state index in [1.165, 1.54) is 11.1 Å². The van der Waals surface area contributed by atoms with E-state index >= 15 is 0 Å². The molecule has 2 N–H and O–H groups in total. The van der Waals surface area contributed by atoms with Gasteiger partial charge in [-0.3, -0.25) is 24.6 Å². The van der Waals surface area contributed by atoms with Gasteiger partial charge in [-0.25, -0.2) is 0 Å². The maximum absolute atomic E-state index is 12.0. The highest BCUT2D eigenvalue weighted by atomic mass is 16.1. The molecule has 0 bridgehead atoms. The van der Waals surface area contributed by atoms with Gasteiger partial charge in [-0.1, -0.05) is 18.2 Å². The quantitative estimate of drug-likeness (QED) is 0.697. The molecular formula is C24H27N5O. The van der Waals surface area contributed by atoms with Crippen molar-refractivity contribution in [2.75, 3.05) is 0 Å². The Morgan fingerprint density at radius 1 is 0.933 bits per heavy atom. The minimum atomic E-state index is -0.501. The fourth-order valence-electron chi connectivity index (χ4n) is 4.54. The van der Waals surface area contributed by atoms with E-state index in [0.29, 0.717) is 12.2 Å². The molecule has 1 aliphatic heterocycles. The molecule has 6 heteroatoms. The molecule has 0 saturated carbocycles. The summed E-state index contributed by atoms with van der Waals surface area (Å²) in [7, 11) is 0. The zero-order valence-electron chi connectivity index (χ0n) is 17.5. The highest BCUT2D eigenvalue weighted by molar-refractivity contribution is 5.92. The van der Waals surface area contributed by atoms with Gasteiger partial charge in [-0.05, 0) is 68.0 Å². The van der Waals surface area contributed by atoms with Crippen LogP contribution >= 0.6 is 0 Å². The largest absolute Gasteiger partial charge is 0.364 e. The number of aryl methyl sites for hydroxylation is 2. The zero-order chi connectivity index (χ0) is 21.1. The second-order valence-corrected chi connectivity index (χ2v) is 7.92. The minimum Gasteiger partial charge on any atom is -0.364 e. The number of nitrogens with two attached hydrogens (primary N) is 1. The number of primary amides is 1. The first-order chi connectivity index (χ1) is 14.6. The van der Waals surface area contributed by atoms with E-state index in [4.69, 9.17) is 15.7 Å². The van der Waals surface area contributed by atoms with Gasteiger partial charge < -0.3 is 5.73 Å². The number of carbonyl (C=O) groups is 1. The monoisotopic (exact) mass is 401 g/mol. The Morgan fingerprint density at radius 3 is 2.00 bits per heavy atom. The van der Waals surface area contributed by atoms with Gasteiger partial charge in [0.05, 0.1) is 23.5 Å². The topological polar surface area (TPSA) is 85.0 Å². The molecule has 0 spiro atoms. The number of likely N-dealkylation sites (tertiary alicyclic amines) is 1. The number of hydrogen-bond acceptors (Lipinski definition) is 5. The summed E-state index contributed by atoms with van der Waals surface area (Å²) < 4.78 is 0. The van der Waals surface area contributed by atoms with Gasteiger partial charge in [-0.2, -0.15) is 0 Å². The van der Waals surface area contributed by atoms with Crippen LogP contribution in [0, 0.1) is 13.8 Å². The molecule has 154 valence electrons. The Morgan fingerprint density at radius 2 is 1.47 bits per heavy atom. The number of rotatable bonds is 5. The van der Waals surface area contributed by atoms with Gasteiger partial charge in [0, 0.05) is 25.1 Å². The molecule has 1 saturated heterocycles. The smallest absolute Gasteiger partial charge is 0.267 e. The number of carbonyl (C=O) groups excluding carboxylic acids is 1. The number of piperidine rings is 1.